The largest absolute Gasteiger partial charge is 0.436 e. The van der Waals surface area contributed by atoms with Crippen molar-refractivity contribution in [3.63, 3.8) is 0 Å². The zero-order valence-corrected chi connectivity index (χ0v) is 13.4. The minimum atomic E-state index is -0.455. The molecular formula is C14H8Cl2N2O3S. The summed E-state index contributed by atoms with van der Waals surface area (Å²) in [7, 11) is 0. The van der Waals surface area contributed by atoms with Gasteiger partial charge in [-0.05, 0) is 18.6 Å². The Hall–Kier alpha value is -1.50. The summed E-state index contributed by atoms with van der Waals surface area (Å²) in [6.07, 6.45) is 0.862. The number of rotatable bonds is 0. The topological polar surface area (TPSA) is 65.1 Å². The van der Waals surface area contributed by atoms with Gasteiger partial charge in [0.05, 0.1) is 10.4 Å². The van der Waals surface area contributed by atoms with Crippen molar-refractivity contribution in [2.75, 3.05) is 5.75 Å². The van der Waals surface area contributed by atoms with Crippen molar-refractivity contribution in [3.05, 3.63) is 42.8 Å². The normalized spacial score (nSPS) is 14.5. The first-order valence-corrected chi connectivity index (χ1v) is 8.29. The molecule has 0 aliphatic carbocycles. The highest BCUT2D eigenvalue weighted by Gasteiger charge is 2.21. The van der Waals surface area contributed by atoms with E-state index in [1.807, 2.05) is 0 Å². The van der Waals surface area contributed by atoms with E-state index in [1.54, 1.807) is 0 Å². The molecule has 0 N–H and O–H groups in total. The molecule has 5 nitrogen and oxygen atoms in total. The zero-order valence-electron chi connectivity index (χ0n) is 11.1. The van der Waals surface area contributed by atoms with Crippen LogP contribution in [0, 0.1) is 0 Å². The van der Waals surface area contributed by atoms with Crippen molar-refractivity contribution in [2.24, 2.45) is 0 Å². The molecule has 0 saturated heterocycles. The van der Waals surface area contributed by atoms with Gasteiger partial charge in [0.1, 0.15) is 0 Å². The van der Waals surface area contributed by atoms with E-state index in [2.05, 4.69) is 4.98 Å². The predicted molar refractivity (Wildman–Crippen MR) is 87.4 cm³/mol. The average molecular weight is 355 g/mol. The third-order valence-corrected chi connectivity index (χ3v) is 5.10. The van der Waals surface area contributed by atoms with Crippen LogP contribution in [0.25, 0.3) is 22.1 Å². The molecule has 0 atom stereocenters. The standard InChI is InChI=1S/C14H8Cl2N2O3S/c15-6-4-7-10(19)9-12(21-11(7)8(16)5-6)17-14-18(13(9)20)2-1-3-22-14/h4-5H,1-3H2. The first-order valence-electron chi connectivity index (χ1n) is 6.55. The van der Waals surface area contributed by atoms with E-state index in [1.165, 1.54) is 28.5 Å². The van der Waals surface area contributed by atoms with Gasteiger partial charge in [0.15, 0.2) is 16.1 Å². The molecule has 4 rings (SSSR count). The van der Waals surface area contributed by atoms with Gasteiger partial charge < -0.3 is 4.42 Å². The van der Waals surface area contributed by atoms with Crippen LogP contribution in [0.2, 0.25) is 10.0 Å². The Kier molecular flexibility index (Phi) is 3.21. The minimum absolute atomic E-state index is 0.0207. The van der Waals surface area contributed by atoms with Crippen molar-refractivity contribution in [3.8, 4) is 0 Å². The molecule has 112 valence electrons. The molecule has 0 saturated carbocycles. The Morgan fingerprint density at radius 3 is 2.91 bits per heavy atom. The summed E-state index contributed by atoms with van der Waals surface area (Å²) >= 11 is 13.5. The Labute approximate surface area is 137 Å². The first kappa shape index (κ1) is 14.1. The molecule has 0 unspecified atom stereocenters. The third kappa shape index (κ3) is 1.98. The molecule has 0 fully saturated rings. The zero-order chi connectivity index (χ0) is 15.4. The number of fused-ring (bicyclic) bond motifs is 3. The average Bonchev–Trinajstić information content (AvgIpc) is 2.49. The lowest BCUT2D eigenvalue weighted by molar-refractivity contribution is 0.552. The van der Waals surface area contributed by atoms with Gasteiger partial charge in [0, 0.05) is 17.3 Å². The highest BCUT2D eigenvalue weighted by Crippen LogP contribution is 2.29. The van der Waals surface area contributed by atoms with Crippen LogP contribution in [0.4, 0.5) is 0 Å². The summed E-state index contributed by atoms with van der Waals surface area (Å²) in [6, 6.07) is 2.94. The van der Waals surface area contributed by atoms with Crippen LogP contribution in [0.3, 0.4) is 0 Å². The van der Waals surface area contributed by atoms with Gasteiger partial charge in [-0.2, -0.15) is 4.98 Å². The van der Waals surface area contributed by atoms with Crippen LogP contribution in [0.1, 0.15) is 6.42 Å². The molecule has 1 aliphatic rings. The highest BCUT2D eigenvalue weighted by atomic mass is 35.5. The van der Waals surface area contributed by atoms with Gasteiger partial charge in [-0.1, -0.05) is 35.0 Å². The molecule has 1 aliphatic heterocycles. The predicted octanol–water partition coefficient (Wildman–Crippen LogP) is 3.31. The molecule has 1 aromatic carbocycles. The fourth-order valence-corrected chi connectivity index (χ4v) is 4.01. The van der Waals surface area contributed by atoms with E-state index in [-0.39, 0.29) is 32.7 Å². The van der Waals surface area contributed by atoms with Crippen molar-refractivity contribution in [1.82, 2.24) is 9.55 Å². The summed E-state index contributed by atoms with van der Waals surface area (Å²) in [5.41, 5.74) is -0.614. The number of aromatic nitrogens is 2. The number of nitrogens with zero attached hydrogens (tertiary/aromatic N) is 2. The molecule has 22 heavy (non-hydrogen) atoms. The molecule has 0 radical (unpaired) electrons. The van der Waals surface area contributed by atoms with E-state index in [4.69, 9.17) is 27.6 Å². The van der Waals surface area contributed by atoms with Crippen LogP contribution in [0.5, 0.6) is 0 Å². The van der Waals surface area contributed by atoms with Crippen LogP contribution >= 0.6 is 35.0 Å². The number of hydrogen-bond donors (Lipinski definition) is 0. The van der Waals surface area contributed by atoms with Crippen molar-refractivity contribution >= 4 is 57.0 Å². The van der Waals surface area contributed by atoms with Crippen LogP contribution in [-0.2, 0) is 6.54 Å². The highest BCUT2D eigenvalue weighted by molar-refractivity contribution is 7.99. The minimum Gasteiger partial charge on any atom is -0.436 e. The number of halogens is 2. The van der Waals surface area contributed by atoms with Crippen LogP contribution in [-0.4, -0.2) is 15.3 Å². The number of benzene rings is 1. The number of thioether (sulfide) groups is 1. The van der Waals surface area contributed by atoms with Crippen LogP contribution < -0.4 is 11.0 Å². The third-order valence-electron chi connectivity index (χ3n) is 3.54. The van der Waals surface area contributed by atoms with Crippen molar-refractivity contribution < 1.29 is 4.42 Å². The summed E-state index contributed by atoms with van der Waals surface area (Å²) in [5.74, 6) is 0.881. The summed E-state index contributed by atoms with van der Waals surface area (Å²) in [6.45, 7) is 0.553. The molecule has 3 heterocycles. The second-order valence-corrected chi connectivity index (χ2v) is 6.83. The monoisotopic (exact) mass is 354 g/mol. The van der Waals surface area contributed by atoms with Gasteiger partial charge in [0.25, 0.3) is 5.56 Å². The maximum Gasteiger partial charge on any atom is 0.269 e. The SMILES string of the molecule is O=c1c2cc(Cl)cc(Cl)c2oc2nc3n(c(=O)c12)CCCS3. The molecule has 0 bridgehead atoms. The van der Waals surface area contributed by atoms with E-state index < -0.39 is 5.43 Å². The van der Waals surface area contributed by atoms with E-state index in [0.717, 1.165) is 12.2 Å². The molecular weight excluding hydrogens is 347 g/mol. The maximum absolute atomic E-state index is 12.7. The van der Waals surface area contributed by atoms with Gasteiger partial charge in [-0.25, -0.2) is 0 Å². The molecule has 8 heteroatoms. The molecule has 2 aromatic heterocycles. The Balaban J connectivity index is 2.24. The Morgan fingerprint density at radius 2 is 2.09 bits per heavy atom. The van der Waals surface area contributed by atoms with Gasteiger partial charge >= 0.3 is 0 Å². The summed E-state index contributed by atoms with van der Waals surface area (Å²) in [4.78, 5) is 29.6. The fourth-order valence-electron chi connectivity index (χ4n) is 2.54. The molecule has 0 spiro atoms. The van der Waals surface area contributed by atoms with Gasteiger partial charge in [-0.3, -0.25) is 14.2 Å². The summed E-state index contributed by atoms with van der Waals surface area (Å²) in [5, 5.41) is 1.22. The maximum atomic E-state index is 12.7. The second kappa shape index (κ2) is 5.01. The lowest BCUT2D eigenvalue weighted by Crippen LogP contribution is -2.29. The van der Waals surface area contributed by atoms with E-state index in [9.17, 15) is 9.59 Å². The van der Waals surface area contributed by atoms with E-state index in [0.29, 0.717) is 16.7 Å². The Morgan fingerprint density at radius 1 is 1.27 bits per heavy atom. The fraction of sp³-hybridized carbons (Fsp3) is 0.214. The lowest BCUT2D eigenvalue weighted by Gasteiger charge is -2.16. The molecule has 3 aromatic rings. The van der Waals surface area contributed by atoms with Crippen molar-refractivity contribution in [2.45, 2.75) is 18.1 Å². The second-order valence-electron chi connectivity index (χ2n) is 4.93. The quantitative estimate of drug-likeness (QED) is 0.457. The van der Waals surface area contributed by atoms with Gasteiger partial charge in [-0.15, -0.1) is 0 Å². The first-order chi connectivity index (χ1) is 10.6. The van der Waals surface area contributed by atoms with Crippen LogP contribution in [0.15, 0.2) is 31.3 Å². The smallest absolute Gasteiger partial charge is 0.269 e. The van der Waals surface area contributed by atoms with Gasteiger partial charge in [0.2, 0.25) is 11.1 Å². The van der Waals surface area contributed by atoms with E-state index >= 15 is 0 Å². The van der Waals surface area contributed by atoms with Crippen molar-refractivity contribution in [1.29, 1.82) is 0 Å². The Bertz CT molecular complexity index is 1060. The number of hydrogen-bond acceptors (Lipinski definition) is 5. The summed E-state index contributed by atoms with van der Waals surface area (Å²) < 4.78 is 7.15. The molecule has 0 amide bonds. The lowest BCUT2D eigenvalue weighted by atomic mass is 10.2.